The summed E-state index contributed by atoms with van der Waals surface area (Å²) in [5.41, 5.74) is -0.150. The van der Waals surface area contributed by atoms with Gasteiger partial charge in [-0.1, -0.05) is 220 Å². The molecular weight excluding hydrogens is 516 g/mol. The average Bonchev–Trinajstić information content (AvgIpc) is 2.97. The molecule has 0 heterocycles. The van der Waals surface area contributed by atoms with Crippen molar-refractivity contribution >= 4 is 17.7 Å². The van der Waals surface area contributed by atoms with Gasteiger partial charge < -0.3 is 0 Å². The molecule has 0 saturated carbocycles. The molecule has 0 aliphatic rings. The number of carbonyl (C=O) groups excluding carboxylic acids is 1. The minimum absolute atomic E-state index is 0.150. The topological polar surface area (TPSA) is 17.1 Å². The molecule has 0 saturated heterocycles. The molecule has 0 atom stereocenters. The van der Waals surface area contributed by atoms with Crippen molar-refractivity contribution in [3.05, 3.63) is 0 Å². The predicted molar refractivity (Wildman–Crippen MR) is 190 cm³/mol. The smallest absolute Gasteiger partial charge is 0.192 e. The molecule has 0 radical (unpaired) electrons. The normalized spacial score (nSPS) is 11.9. The molecule has 0 N–H and O–H groups in total. The van der Waals surface area contributed by atoms with E-state index in [1.54, 1.807) is 0 Å². The first kappa shape index (κ1) is 41.0. The highest BCUT2D eigenvalue weighted by atomic mass is 32.1. The van der Waals surface area contributed by atoms with Crippen LogP contribution in [0.15, 0.2) is 0 Å². The lowest BCUT2D eigenvalue weighted by Gasteiger charge is -2.31. The SMILES string of the molecule is CCCCCCCCCCCCCC(CCCCCCCCCCCC)(CCCCCCCCCCCC)C(=O)S. The summed E-state index contributed by atoms with van der Waals surface area (Å²) >= 11 is 4.54. The predicted octanol–water partition coefficient (Wildman–Crippen LogP) is 14.8. The van der Waals surface area contributed by atoms with Crippen LogP contribution in [0.25, 0.3) is 0 Å². The van der Waals surface area contributed by atoms with Gasteiger partial charge in [-0.25, -0.2) is 0 Å². The van der Waals surface area contributed by atoms with E-state index in [4.69, 9.17) is 0 Å². The van der Waals surface area contributed by atoms with Crippen molar-refractivity contribution in [1.29, 1.82) is 0 Å². The second-order valence-electron chi connectivity index (χ2n) is 13.7. The first-order valence-corrected chi connectivity index (χ1v) is 19.8. The maximum Gasteiger partial charge on any atom is 0.192 e. The summed E-state index contributed by atoms with van der Waals surface area (Å²) in [5.74, 6) is 0. The molecule has 41 heavy (non-hydrogen) atoms. The van der Waals surface area contributed by atoms with Gasteiger partial charge in [0, 0.05) is 5.41 Å². The number of thiol groups is 1. The van der Waals surface area contributed by atoms with Crippen LogP contribution in [0.3, 0.4) is 0 Å². The van der Waals surface area contributed by atoms with Crippen molar-refractivity contribution in [3.8, 4) is 0 Å². The van der Waals surface area contributed by atoms with E-state index in [0.29, 0.717) is 0 Å². The number of rotatable bonds is 35. The molecule has 0 aromatic carbocycles. The van der Waals surface area contributed by atoms with E-state index in [-0.39, 0.29) is 10.5 Å². The van der Waals surface area contributed by atoms with Gasteiger partial charge in [-0.05, 0) is 19.3 Å². The fraction of sp³-hybridized carbons (Fsp3) is 0.974. The first-order valence-electron chi connectivity index (χ1n) is 19.4. The monoisotopic (exact) mass is 595 g/mol. The van der Waals surface area contributed by atoms with E-state index < -0.39 is 0 Å². The Kier molecular flexibility index (Phi) is 32.9. The Morgan fingerprint density at radius 1 is 0.341 bits per heavy atom. The van der Waals surface area contributed by atoms with Gasteiger partial charge in [0.1, 0.15) is 0 Å². The molecule has 0 spiro atoms. The Hall–Kier alpha value is 0.0200. The van der Waals surface area contributed by atoms with Gasteiger partial charge in [-0.2, -0.15) is 0 Å². The van der Waals surface area contributed by atoms with Crippen LogP contribution >= 0.6 is 12.6 Å². The summed E-state index contributed by atoms with van der Waals surface area (Å²) < 4.78 is 0. The van der Waals surface area contributed by atoms with E-state index in [2.05, 4.69) is 33.4 Å². The average molecular weight is 595 g/mol. The molecule has 246 valence electrons. The number of unbranched alkanes of at least 4 members (excludes halogenated alkanes) is 28. The van der Waals surface area contributed by atoms with Gasteiger partial charge in [-0.3, -0.25) is 4.79 Å². The van der Waals surface area contributed by atoms with E-state index in [0.717, 1.165) is 19.3 Å². The molecule has 2 heteroatoms. The number of hydrogen-bond acceptors (Lipinski definition) is 1. The minimum atomic E-state index is -0.150. The number of hydrogen-bond donors (Lipinski definition) is 1. The van der Waals surface area contributed by atoms with Crippen LogP contribution in [0, 0.1) is 5.41 Å². The summed E-state index contributed by atoms with van der Waals surface area (Å²) in [7, 11) is 0. The van der Waals surface area contributed by atoms with Crippen molar-refractivity contribution in [2.75, 3.05) is 0 Å². The minimum Gasteiger partial charge on any atom is -0.287 e. The Labute approximate surface area is 266 Å². The van der Waals surface area contributed by atoms with Gasteiger partial charge in [0.25, 0.3) is 0 Å². The van der Waals surface area contributed by atoms with Crippen molar-refractivity contribution in [3.63, 3.8) is 0 Å². The largest absolute Gasteiger partial charge is 0.287 e. The lowest BCUT2D eigenvalue weighted by molar-refractivity contribution is -0.121. The van der Waals surface area contributed by atoms with Crippen LogP contribution in [0.2, 0.25) is 0 Å². The zero-order valence-corrected chi connectivity index (χ0v) is 29.8. The third kappa shape index (κ3) is 27.3. The lowest BCUT2D eigenvalue weighted by atomic mass is 9.75. The van der Waals surface area contributed by atoms with E-state index >= 15 is 0 Å². The molecule has 0 fully saturated rings. The van der Waals surface area contributed by atoms with Gasteiger partial charge in [0.15, 0.2) is 5.12 Å². The summed E-state index contributed by atoms with van der Waals surface area (Å²) in [4.78, 5) is 13.0. The van der Waals surface area contributed by atoms with Crippen LogP contribution in [0.5, 0.6) is 0 Å². The second kappa shape index (κ2) is 32.9. The van der Waals surface area contributed by atoms with E-state index in [1.165, 1.54) is 199 Å². The van der Waals surface area contributed by atoms with E-state index in [1.807, 2.05) is 0 Å². The van der Waals surface area contributed by atoms with Crippen molar-refractivity contribution in [2.45, 2.75) is 239 Å². The van der Waals surface area contributed by atoms with Crippen LogP contribution in [0.1, 0.15) is 239 Å². The van der Waals surface area contributed by atoms with Gasteiger partial charge in [0.05, 0.1) is 0 Å². The molecule has 0 aromatic rings. The third-order valence-electron chi connectivity index (χ3n) is 9.73. The summed E-state index contributed by atoms with van der Waals surface area (Å²) in [6.07, 6.45) is 45.6. The molecule has 0 aliphatic heterocycles. The highest BCUT2D eigenvalue weighted by molar-refractivity contribution is 7.96. The Balaban J connectivity index is 4.39. The fourth-order valence-electron chi connectivity index (χ4n) is 6.73. The molecule has 0 aromatic heterocycles. The van der Waals surface area contributed by atoms with Crippen LogP contribution in [-0.2, 0) is 4.79 Å². The van der Waals surface area contributed by atoms with Crippen molar-refractivity contribution in [1.82, 2.24) is 0 Å². The zero-order chi connectivity index (χ0) is 30.1. The molecule has 0 amide bonds. The number of carbonyl (C=O) groups is 1. The maximum absolute atomic E-state index is 13.0. The summed E-state index contributed by atoms with van der Waals surface area (Å²) in [6, 6.07) is 0. The molecule has 0 rings (SSSR count). The Morgan fingerprint density at radius 3 is 0.683 bits per heavy atom. The molecule has 0 aliphatic carbocycles. The second-order valence-corrected chi connectivity index (χ2v) is 14.1. The van der Waals surface area contributed by atoms with Crippen LogP contribution in [-0.4, -0.2) is 5.12 Å². The van der Waals surface area contributed by atoms with Crippen LogP contribution < -0.4 is 0 Å². The lowest BCUT2D eigenvalue weighted by Crippen LogP contribution is -2.28. The fourth-order valence-corrected chi connectivity index (χ4v) is 7.06. The molecule has 0 bridgehead atoms. The van der Waals surface area contributed by atoms with Gasteiger partial charge >= 0.3 is 0 Å². The van der Waals surface area contributed by atoms with Gasteiger partial charge in [-0.15, -0.1) is 12.6 Å². The van der Waals surface area contributed by atoms with Gasteiger partial charge in [0.2, 0.25) is 0 Å². The Bertz CT molecular complexity index is 492. The Morgan fingerprint density at radius 2 is 0.512 bits per heavy atom. The highest BCUT2D eigenvalue weighted by Crippen LogP contribution is 2.39. The zero-order valence-electron chi connectivity index (χ0n) is 28.9. The summed E-state index contributed by atoms with van der Waals surface area (Å²) in [5, 5.41) is 0.205. The molecular formula is C39H78OS. The standard InChI is InChI=1S/C39H78OS/c1-4-7-10-13-16-19-22-25-28-31-34-37-39(38(40)41,35-32-29-26-23-20-17-14-11-8-5-2)36-33-30-27-24-21-18-15-12-9-6-3/h4-37H2,1-3H3,(H,40,41). The highest BCUT2D eigenvalue weighted by Gasteiger charge is 2.34. The molecule has 0 unspecified atom stereocenters. The first-order chi connectivity index (χ1) is 20.1. The maximum atomic E-state index is 13.0. The van der Waals surface area contributed by atoms with E-state index in [9.17, 15) is 4.79 Å². The van der Waals surface area contributed by atoms with Crippen molar-refractivity contribution < 1.29 is 4.79 Å². The molecule has 1 nitrogen and oxygen atoms in total. The van der Waals surface area contributed by atoms with Crippen molar-refractivity contribution in [2.24, 2.45) is 5.41 Å². The third-order valence-corrected chi connectivity index (χ3v) is 10.2. The quantitative estimate of drug-likeness (QED) is 0.0570. The van der Waals surface area contributed by atoms with Crippen LogP contribution in [0.4, 0.5) is 0 Å². The summed E-state index contributed by atoms with van der Waals surface area (Å²) in [6.45, 7) is 6.89.